The third-order valence-corrected chi connectivity index (χ3v) is 13.7. The second-order valence-corrected chi connectivity index (χ2v) is 20.3. The molecular weight excluding hydrogens is 815 g/mol. The van der Waals surface area contributed by atoms with Gasteiger partial charge in [-0.15, -0.1) is 0 Å². The largest absolute Gasteiger partial charge is 0.466 e. The monoisotopic (exact) mass is 930 g/mol. The van der Waals surface area contributed by atoms with E-state index in [0.717, 1.165) is 70.6 Å². The van der Waals surface area contributed by atoms with Gasteiger partial charge in [0.25, 0.3) is 0 Å². The Kier molecular flexibility index (Phi) is 54.5. The number of hydrogen-bond acceptors (Lipinski definition) is 5. The summed E-state index contributed by atoms with van der Waals surface area (Å²) in [5.41, 5.74) is 0. The van der Waals surface area contributed by atoms with E-state index in [0.29, 0.717) is 25.9 Å². The molecule has 0 aliphatic rings. The van der Waals surface area contributed by atoms with E-state index in [1.165, 1.54) is 218 Å². The Balaban J connectivity index is 3.51. The zero-order chi connectivity index (χ0) is 47.9. The fraction of sp³-hybridized carbons (Fsp3) is 0.900. The normalized spacial score (nSPS) is 12.7. The number of nitrogens with one attached hydrogen (secondary N) is 1. The van der Waals surface area contributed by atoms with Gasteiger partial charge in [-0.1, -0.05) is 263 Å². The van der Waals surface area contributed by atoms with Crippen molar-refractivity contribution in [3.8, 4) is 0 Å². The molecule has 0 saturated carbocycles. The molecule has 0 aromatic heterocycles. The van der Waals surface area contributed by atoms with E-state index in [1.54, 1.807) is 0 Å². The summed E-state index contributed by atoms with van der Waals surface area (Å²) in [5, 5.41) is 23.3. The van der Waals surface area contributed by atoms with Gasteiger partial charge in [-0.3, -0.25) is 9.59 Å². The Labute approximate surface area is 411 Å². The molecule has 0 aliphatic heterocycles. The molecule has 2 unspecified atom stereocenters. The van der Waals surface area contributed by atoms with E-state index in [1.807, 2.05) is 0 Å². The van der Waals surface area contributed by atoms with E-state index in [9.17, 15) is 19.8 Å². The third kappa shape index (κ3) is 51.7. The maximum atomic E-state index is 12.5. The highest BCUT2D eigenvalue weighted by atomic mass is 16.5. The van der Waals surface area contributed by atoms with E-state index >= 15 is 0 Å². The Morgan fingerprint density at radius 3 is 1.11 bits per heavy atom. The molecule has 0 heterocycles. The SMILES string of the molecule is CCCCCCCCC/C=C\CCCCCCCC(=O)OCCCCCC/C=C\CCCC(=O)NC(CO)C(O)CCCCCCCCCCCCCCCCCCCCCCCCCC. The van der Waals surface area contributed by atoms with Crippen LogP contribution in [0.5, 0.6) is 0 Å². The van der Waals surface area contributed by atoms with Crippen LogP contribution < -0.4 is 5.32 Å². The first kappa shape index (κ1) is 64.3. The Bertz CT molecular complexity index is 1030. The second kappa shape index (κ2) is 55.9. The molecule has 1 amide bonds. The van der Waals surface area contributed by atoms with Crippen LogP contribution in [-0.2, 0) is 14.3 Å². The summed E-state index contributed by atoms with van der Waals surface area (Å²) in [4.78, 5) is 24.5. The molecule has 6 heteroatoms. The molecule has 0 aromatic carbocycles. The van der Waals surface area contributed by atoms with E-state index in [-0.39, 0.29) is 18.5 Å². The highest BCUT2D eigenvalue weighted by Crippen LogP contribution is 2.17. The number of hydrogen-bond donors (Lipinski definition) is 3. The van der Waals surface area contributed by atoms with Crippen LogP contribution in [0.2, 0.25) is 0 Å². The van der Waals surface area contributed by atoms with Crippen molar-refractivity contribution in [2.24, 2.45) is 0 Å². The lowest BCUT2D eigenvalue weighted by Gasteiger charge is -2.22. The van der Waals surface area contributed by atoms with Crippen LogP contribution in [0.1, 0.15) is 322 Å². The van der Waals surface area contributed by atoms with Crippen molar-refractivity contribution in [3.05, 3.63) is 24.3 Å². The summed E-state index contributed by atoms with van der Waals surface area (Å²) < 4.78 is 5.45. The summed E-state index contributed by atoms with van der Waals surface area (Å²) in [6, 6.07) is -0.581. The summed E-state index contributed by atoms with van der Waals surface area (Å²) in [6.45, 7) is 4.88. The molecule has 6 nitrogen and oxygen atoms in total. The second-order valence-electron chi connectivity index (χ2n) is 20.3. The summed E-state index contributed by atoms with van der Waals surface area (Å²) >= 11 is 0. The van der Waals surface area contributed by atoms with E-state index in [2.05, 4.69) is 43.5 Å². The van der Waals surface area contributed by atoms with E-state index < -0.39 is 12.1 Å². The van der Waals surface area contributed by atoms with Crippen molar-refractivity contribution < 1.29 is 24.5 Å². The predicted molar refractivity (Wildman–Crippen MR) is 287 cm³/mol. The van der Waals surface area contributed by atoms with Crippen LogP contribution in [0.4, 0.5) is 0 Å². The third-order valence-electron chi connectivity index (χ3n) is 13.7. The Hall–Kier alpha value is -1.66. The quantitative estimate of drug-likeness (QED) is 0.0321. The number of ether oxygens (including phenoxy) is 1. The van der Waals surface area contributed by atoms with Gasteiger partial charge in [-0.05, 0) is 70.6 Å². The highest BCUT2D eigenvalue weighted by molar-refractivity contribution is 5.76. The van der Waals surface area contributed by atoms with Crippen LogP contribution in [0.25, 0.3) is 0 Å². The number of rotatable bonds is 55. The molecular formula is C60H115NO5. The molecule has 0 radical (unpaired) electrons. The van der Waals surface area contributed by atoms with Gasteiger partial charge in [-0.2, -0.15) is 0 Å². The molecule has 3 N–H and O–H groups in total. The Morgan fingerprint density at radius 2 is 0.727 bits per heavy atom. The van der Waals surface area contributed by atoms with Gasteiger partial charge in [0.2, 0.25) is 5.91 Å². The smallest absolute Gasteiger partial charge is 0.305 e. The lowest BCUT2D eigenvalue weighted by Crippen LogP contribution is -2.45. The van der Waals surface area contributed by atoms with Gasteiger partial charge in [0, 0.05) is 12.8 Å². The lowest BCUT2D eigenvalue weighted by molar-refractivity contribution is -0.143. The minimum absolute atomic E-state index is 0.0420. The van der Waals surface area contributed by atoms with Crippen LogP contribution >= 0.6 is 0 Å². The summed E-state index contributed by atoms with van der Waals surface area (Å²) in [6.07, 6.45) is 67.5. The Morgan fingerprint density at radius 1 is 0.409 bits per heavy atom. The molecule has 0 bridgehead atoms. The van der Waals surface area contributed by atoms with Gasteiger partial charge >= 0.3 is 5.97 Å². The molecule has 0 aromatic rings. The van der Waals surface area contributed by atoms with Crippen molar-refractivity contribution in [3.63, 3.8) is 0 Å². The molecule has 390 valence electrons. The number of carbonyl (C=O) groups is 2. The average molecular weight is 931 g/mol. The van der Waals surface area contributed by atoms with Crippen molar-refractivity contribution in [2.45, 2.75) is 334 Å². The summed E-state index contributed by atoms with van der Waals surface area (Å²) in [7, 11) is 0. The van der Waals surface area contributed by atoms with Gasteiger partial charge in [0.1, 0.15) is 0 Å². The maximum Gasteiger partial charge on any atom is 0.305 e. The predicted octanol–water partition coefficient (Wildman–Crippen LogP) is 18.2. The van der Waals surface area contributed by atoms with Crippen LogP contribution in [0, 0.1) is 0 Å². The van der Waals surface area contributed by atoms with Crippen LogP contribution in [-0.4, -0.2) is 47.4 Å². The number of carbonyl (C=O) groups excluding carboxylic acids is 2. The number of aliphatic hydroxyl groups is 2. The molecule has 0 fully saturated rings. The fourth-order valence-corrected chi connectivity index (χ4v) is 9.17. The van der Waals surface area contributed by atoms with Crippen molar-refractivity contribution in [1.82, 2.24) is 5.32 Å². The molecule has 0 rings (SSSR count). The van der Waals surface area contributed by atoms with Crippen LogP contribution in [0.15, 0.2) is 24.3 Å². The number of aliphatic hydroxyl groups excluding tert-OH is 2. The van der Waals surface area contributed by atoms with Gasteiger partial charge in [0.15, 0.2) is 0 Å². The average Bonchev–Trinajstić information content (AvgIpc) is 3.32. The van der Waals surface area contributed by atoms with Crippen molar-refractivity contribution in [2.75, 3.05) is 13.2 Å². The van der Waals surface area contributed by atoms with Gasteiger partial charge < -0.3 is 20.3 Å². The first-order valence-electron chi connectivity index (χ1n) is 29.6. The maximum absolute atomic E-state index is 12.5. The first-order chi connectivity index (χ1) is 32.5. The molecule has 66 heavy (non-hydrogen) atoms. The minimum Gasteiger partial charge on any atom is -0.466 e. The van der Waals surface area contributed by atoms with Gasteiger partial charge in [-0.25, -0.2) is 0 Å². The fourth-order valence-electron chi connectivity index (χ4n) is 9.17. The number of allylic oxidation sites excluding steroid dienone is 4. The number of esters is 1. The molecule has 2 atom stereocenters. The zero-order valence-corrected chi connectivity index (χ0v) is 44.4. The van der Waals surface area contributed by atoms with Crippen molar-refractivity contribution >= 4 is 11.9 Å². The van der Waals surface area contributed by atoms with Crippen molar-refractivity contribution in [1.29, 1.82) is 0 Å². The lowest BCUT2D eigenvalue weighted by atomic mass is 10.0. The number of amides is 1. The highest BCUT2D eigenvalue weighted by Gasteiger charge is 2.20. The number of unbranched alkanes of at least 4 members (excludes halogenated alkanes) is 40. The standard InChI is InChI=1S/C60H115NO5/c1-3-5-7-9-11-13-15-17-19-21-22-23-24-25-26-27-28-29-31-33-36-40-44-48-52-58(63)57(56-62)61-59(64)53-49-45-41-37-35-39-43-47-51-55-66-60(65)54-50-46-42-38-34-32-30-20-18-16-14-12-10-8-6-4-2/h20,30,37,41,57-58,62-63H,3-19,21-29,31-36,38-40,42-56H2,1-2H3,(H,61,64)/b30-20-,41-37-. The van der Waals surface area contributed by atoms with E-state index in [4.69, 9.17) is 4.74 Å². The summed E-state index contributed by atoms with van der Waals surface area (Å²) in [5.74, 6) is -0.135. The van der Waals surface area contributed by atoms with Gasteiger partial charge in [0.05, 0.1) is 25.4 Å². The minimum atomic E-state index is -0.697. The first-order valence-corrected chi connectivity index (χ1v) is 29.6. The zero-order valence-electron chi connectivity index (χ0n) is 44.4. The molecule has 0 spiro atoms. The molecule has 0 aliphatic carbocycles. The van der Waals surface area contributed by atoms with Crippen LogP contribution in [0.3, 0.4) is 0 Å². The molecule has 0 saturated heterocycles. The topological polar surface area (TPSA) is 95.9 Å².